The molecule has 0 radical (unpaired) electrons. The molecule has 1 nitrogen and oxygen atoms in total. The van der Waals surface area contributed by atoms with Crippen LogP contribution in [0.5, 0.6) is 0 Å². The molecule has 1 aliphatic carbocycles. The standard InChI is InChI=1S/C12H21N/c1-5-12-7-10(2,3)6-11(4,8-12)9-13-12/h9H,5-8H2,1-4H3. The van der Waals surface area contributed by atoms with Crippen molar-refractivity contribution in [1.29, 1.82) is 0 Å². The van der Waals surface area contributed by atoms with Gasteiger partial charge in [-0.25, -0.2) is 0 Å². The van der Waals surface area contributed by atoms with Gasteiger partial charge in [0.2, 0.25) is 0 Å². The van der Waals surface area contributed by atoms with Crippen LogP contribution in [-0.4, -0.2) is 11.8 Å². The highest BCUT2D eigenvalue weighted by atomic mass is 14.9. The molecule has 1 aliphatic heterocycles. The van der Waals surface area contributed by atoms with Gasteiger partial charge in [-0.3, -0.25) is 4.99 Å². The quantitative estimate of drug-likeness (QED) is 0.584. The van der Waals surface area contributed by atoms with Crippen molar-refractivity contribution in [1.82, 2.24) is 0 Å². The van der Waals surface area contributed by atoms with E-state index in [9.17, 15) is 0 Å². The first-order chi connectivity index (χ1) is 5.89. The Kier molecular flexibility index (Phi) is 1.68. The maximum absolute atomic E-state index is 4.79. The van der Waals surface area contributed by atoms with Gasteiger partial charge in [0.05, 0.1) is 5.54 Å². The Labute approximate surface area is 81.6 Å². The number of hydrogen-bond acceptors (Lipinski definition) is 1. The minimum absolute atomic E-state index is 0.302. The van der Waals surface area contributed by atoms with Crippen molar-refractivity contribution in [2.75, 3.05) is 0 Å². The van der Waals surface area contributed by atoms with Crippen LogP contribution in [0.25, 0.3) is 0 Å². The van der Waals surface area contributed by atoms with Gasteiger partial charge >= 0.3 is 0 Å². The Bertz CT molecular complexity index is 254. The Morgan fingerprint density at radius 3 is 2.46 bits per heavy atom. The van der Waals surface area contributed by atoms with Crippen molar-refractivity contribution in [3.8, 4) is 0 Å². The van der Waals surface area contributed by atoms with Gasteiger partial charge < -0.3 is 0 Å². The molecule has 74 valence electrons. The van der Waals surface area contributed by atoms with E-state index in [1.807, 2.05) is 0 Å². The average molecular weight is 179 g/mol. The van der Waals surface area contributed by atoms with Crippen LogP contribution in [0.15, 0.2) is 4.99 Å². The third kappa shape index (κ3) is 1.43. The van der Waals surface area contributed by atoms with Crippen LogP contribution < -0.4 is 0 Å². The van der Waals surface area contributed by atoms with Crippen molar-refractivity contribution < 1.29 is 0 Å². The fourth-order valence-corrected chi connectivity index (χ4v) is 3.74. The molecule has 1 heterocycles. The summed E-state index contributed by atoms with van der Waals surface area (Å²) in [7, 11) is 0. The molecule has 0 aromatic rings. The van der Waals surface area contributed by atoms with E-state index >= 15 is 0 Å². The molecule has 2 rings (SSSR count). The molecule has 0 aromatic heterocycles. The number of fused-ring (bicyclic) bond motifs is 2. The van der Waals surface area contributed by atoms with E-state index in [1.165, 1.54) is 25.7 Å². The number of aliphatic imine (C=N–C) groups is 1. The lowest BCUT2D eigenvalue weighted by molar-refractivity contribution is 0.0988. The predicted octanol–water partition coefficient (Wildman–Crippen LogP) is 3.44. The van der Waals surface area contributed by atoms with Crippen LogP contribution in [0.2, 0.25) is 0 Å². The molecule has 2 aliphatic rings. The summed E-state index contributed by atoms with van der Waals surface area (Å²) < 4.78 is 0. The fourth-order valence-electron chi connectivity index (χ4n) is 3.74. The second-order valence-corrected chi connectivity index (χ2v) is 6.18. The molecule has 0 amide bonds. The Balaban J connectivity index is 2.32. The summed E-state index contributed by atoms with van der Waals surface area (Å²) in [6, 6.07) is 0. The summed E-state index contributed by atoms with van der Waals surface area (Å²) in [6.07, 6.45) is 7.33. The molecule has 2 bridgehead atoms. The molecule has 1 saturated carbocycles. The topological polar surface area (TPSA) is 12.4 Å². The van der Waals surface area contributed by atoms with Gasteiger partial charge in [0.25, 0.3) is 0 Å². The lowest BCUT2D eigenvalue weighted by atomic mass is 9.60. The van der Waals surface area contributed by atoms with E-state index < -0.39 is 0 Å². The summed E-state index contributed by atoms with van der Waals surface area (Å²) >= 11 is 0. The second-order valence-electron chi connectivity index (χ2n) is 6.18. The molecule has 0 spiro atoms. The summed E-state index contributed by atoms with van der Waals surface area (Å²) in [5, 5.41) is 0. The number of rotatable bonds is 1. The monoisotopic (exact) mass is 179 g/mol. The summed E-state index contributed by atoms with van der Waals surface area (Å²) in [4.78, 5) is 4.79. The summed E-state index contributed by atoms with van der Waals surface area (Å²) in [5.41, 5.74) is 1.19. The van der Waals surface area contributed by atoms with Gasteiger partial charge in [-0.1, -0.05) is 27.7 Å². The van der Waals surface area contributed by atoms with Crippen molar-refractivity contribution in [2.45, 2.75) is 58.9 Å². The molecule has 0 aromatic carbocycles. The van der Waals surface area contributed by atoms with Crippen molar-refractivity contribution >= 4 is 6.21 Å². The van der Waals surface area contributed by atoms with Crippen LogP contribution in [0.1, 0.15) is 53.4 Å². The zero-order valence-electron chi connectivity index (χ0n) is 9.35. The average Bonchev–Trinajstić information content (AvgIpc) is 2.22. The van der Waals surface area contributed by atoms with Gasteiger partial charge in [0.1, 0.15) is 0 Å². The van der Waals surface area contributed by atoms with Crippen LogP contribution in [0.4, 0.5) is 0 Å². The number of nitrogens with zero attached hydrogens (tertiary/aromatic N) is 1. The van der Waals surface area contributed by atoms with Crippen LogP contribution in [0.3, 0.4) is 0 Å². The Morgan fingerprint density at radius 1 is 1.15 bits per heavy atom. The maximum atomic E-state index is 4.79. The first-order valence-corrected chi connectivity index (χ1v) is 5.45. The van der Waals surface area contributed by atoms with E-state index in [1.54, 1.807) is 0 Å². The highest BCUT2D eigenvalue weighted by Crippen LogP contribution is 2.55. The minimum atomic E-state index is 0.302. The lowest BCUT2D eigenvalue weighted by Gasteiger charge is -2.45. The molecule has 1 heteroatoms. The van der Waals surface area contributed by atoms with Crippen LogP contribution >= 0.6 is 0 Å². The second kappa shape index (κ2) is 2.37. The van der Waals surface area contributed by atoms with E-state index in [-0.39, 0.29) is 0 Å². The van der Waals surface area contributed by atoms with Gasteiger partial charge in [-0.05, 0) is 31.1 Å². The normalized spacial score (nSPS) is 46.8. The predicted molar refractivity (Wildman–Crippen MR) is 57.3 cm³/mol. The molecule has 1 fully saturated rings. The zero-order chi connectivity index (χ0) is 9.74. The zero-order valence-corrected chi connectivity index (χ0v) is 9.35. The first kappa shape index (κ1) is 9.23. The molecule has 0 saturated heterocycles. The van der Waals surface area contributed by atoms with E-state index in [0.29, 0.717) is 16.4 Å². The lowest BCUT2D eigenvalue weighted by Crippen LogP contribution is -2.41. The van der Waals surface area contributed by atoms with E-state index in [2.05, 4.69) is 33.9 Å². The van der Waals surface area contributed by atoms with E-state index in [4.69, 9.17) is 4.99 Å². The Hall–Kier alpha value is -0.330. The largest absolute Gasteiger partial charge is 0.290 e. The third-order valence-corrected chi connectivity index (χ3v) is 3.73. The molecular formula is C12H21N. The minimum Gasteiger partial charge on any atom is -0.290 e. The molecular weight excluding hydrogens is 158 g/mol. The van der Waals surface area contributed by atoms with Gasteiger partial charge in [-0.15, -0.1) is 0 Å². The Morgan fingerprint density at radius 2 is 1.85 bits per heavy atom. The van der Waals surface area contributed by atoms with Gasteiger partial charge in [0.15, 0.2) is 0 Å². The van der Waals surface area contributed by atoms with E-state index in [0.717, 1.165) is 0 Å². The smallest absolute Gasteiger partial charge is 0.0615 e. The fraction of sp³-hybridized carbons (Fsp3) is 0.917. The SMILES string of the molecule is CCC12CC(C)(C)CC(C)(C=N1)C2. The van der Waals surface area contributed by atoms with Crippen molar-refractivity contribution in [3.63, 3.8) is 0 Å². The van der Waals surface area contributed by atoms with Gasteiger partial charge in [0, 0.05) is 11.6 Å². The van der Waals surface area contributed by atoms with Crippen molar-refractivity contribution in [3.05, 3.63) is 0 Å². The highest BCUT2D eigenvalue weighted by molar-refractivity contribution is 5.69. The molecule has 2 unspecified atom stereocenters. The third-order valence-electron chi connectivity index (χ3n) is 3.73. The first-order valence-electron chi connectivity index (χ1n) is 5.45. The van der Waals surface area contributed by atoms with Gasteiger partial charge in [-0.2, -0.15) is 0 Å². The summed E-state index contributed by atoms with van der Waals surface area (Å²) in [5.74, 6) is 0. The summed E-state index contributed by atoms with van der Waals surface area (Å²) in [6.45, 7) is 9.44. The van der Waals surface area contributed by atoms with Crippen LogP contribution in [0, 0.1) is 10.8 Å². The maximum Gasteiger partial charge on any atom is 0.0615 e. The molecule has 0 N–H and O–H groups in total. The molecule has 13 heavy (non-hydrogen) atoms. The van der Waals surface area contributed by atoms with Crippen LogP contribution in [-0.2, 0) is 0 Å². The number of hydrogen-bond donors (Lipinski definition) is 0. The molecule has 2 atom stereocenters. The van der Waals surface area contributed by atoms with Crippen molar-refractivity contribution in [2.24, 2.45) is 15.8 Å². The highest BCUT2D eigenvalue weighted by Gasteiger charge is 2.51.